The first-order valence-corrected chi connectivity index (χ1v) is 12.6. The molecule has 1 aromatic heterocycles. The Hall–Kier alpha value is -3.46. The van der Waals surface area contributed by atoms with E-state index in [1.807, 2.05) is 53.8 Å². The van der Waals surface area contributed by atoms with Crippen LogP contribution in [0.15, 0.2) is 42.7 Å². The maximum Gasteiger partial charge on any atom is 0.304 e. The summed E-state index contributed by atoms with van der Waals surface area (Å²) in [4.78, 5) is 18.4. The first-order valence-electron chi connectivity index (χ1n) is 12.6. The van der Waals surface area contributed by atoms with Crippen molar-refractivity contribution < 1.29 is 18.7 Å². The van der Waals surface area contributed by atoms with E-state index >= 15 is 0 Å². The molecule has 1 atom stereocenters. The molecule has 1 saturated heterocycles. The number of carboxylic acids is 1. The molecule has 3 aromatic rings. The molecule has 0 spiro atoms. The van der Waals surface area contributed by atoms with Crippen LogP contribution in [-0.4, -0.2) is 51.6 Å². The Morgan fingerprint density at radius 2 is 1.92 bits per heavy atom. The van der Waals surface area contributed by atoms with Crippen molar-refractivity contribution in [1.82, 2.24) is 14.5 Å². The molecule has 1 unspecified atom stereocenters. The second kappa shape index (κ2) is 10.9. The molecule has 0 bridgehead atoms. The van der Waals surface area contributed by atoms with Gasteiger partial charge in [-0.2, -0.15) is 0 Å². The highest BCUT2D eigenvalue weighted by atomic mass is 19.3. The van der Waals surface area contributed by atoms with E-state index in [1.54, 1.807) is 13.2 Å². The van der Waals surface area contributed by atoms with Crippen molar-refractivity contribution in [3.05, 3.63) is 76.4 Å². The quantitative estimate of drug-likeness (QED) is 0.350. The van der Waals surface area contributed by atoms with Gasteiger partial charge in [0.05, 0.1) is 24.3 Å². The molecular weight excluding hydrogens is 476 g/mol. The zero-order chi connectivity index (χ0) is 26.7. The summed E-state index contributed by atoms with van der Waals surface area (Å²) in [6, 6.07) is 9.90. The molecule has 198 valence electrons. The number of benzene rings is 2. The zero-order valence-corrected chi connectivity index (χ0v) is 21.6. The number of carboxylic acid groups (broad SMARTS) is 1. The SMILES string of the molecule is CNc1ccc(C(CC(=O)O)c2ccc(C)c(Cn3ccnc3CN3CCC(F)(F)CC3)c2)c(C)c1N. The number of nitrogens with one attached hydrogen (secondary N) is 1. The van der Waals surface area contributed by atoms with E-state index in [-0.39, 0.29) is 25.2 Å². The fourth-order valence-electron chi connectivity index (χ4n) is 5.06. The van der Waals surface area contributed by atoms with E-state index in [0.29, 0.717) is 31.9 Å². The second-order valence-corrected chi connectivity index (χ2v) is 9.93. The number of aromatic nitrogens is 2. The van der Waals surface area contributed by atoms with Gasteiger partial charge in [-0.3, -0.25) is 9.69 Å². The van der Waals surface area contributed by atoms with Crippen molar-refractivity contribution in [3.8, 4) is 0 Å². The number of halogens is 2. The number of likely N-dealkylation sites (tertiary alicyclic amines) is 1. The van der Waals surface area contributed by atoms with E-state index in [0.717, 1.165) is 39.3 Å². The average molecular weight is 512 g/mol. The monoisotopic (exact) mass is 511 g/mol. The van der Waals surface area contributed by atoms with E-state index in [4.69, 9.17) is 5.73 Å². The second-order valence-electron chi connectivity index (χ2n) is 9.93. The third-order valence-corrected chi connectivity index (χ3v) is 7.45. The lowest BCUT2D eigenvalue weighted by atomic mass is 9.84. The normalized spacial score (nSPS) is 16.5. The highest BCUT2D eigenvalue weighted by Gasteiger charge is 2.34. The molecule has 4 N–H and O–H groups in total. The largest absolute Gasteiger partial charge is 0.481 e. The van der Waals surface area contributed by atoms with Gasteiger partial charge in [0.15, 0.2) is 0 Å². The first kappa shape index (κ1) is 26.6. The summed E-state index contributed by atoms with van der Waals surface area (Å²) < 4.78 is 29.2. The highest BCUT2D eigenvalue weighted by Crippen LogP contribution is 2.36. The highest BCUT2D eigenvalue weighted by molar-refractivity contribution is 5.74. The van der Waals surface area contributed by atoms with Crippen LogP contribution in [0.3, 0.4) is 0 Å². The molecule has 0 aliphatic carbocycles. The predicted octanol–water partition coefficient (Wildman–Crippen LogP) is 5.01. The lowest BCUT2D eigenvalue weighted by molar-refractivity contribution is -0.137. The van der Waals surface area contributed by atoms with Gasteiger partial charge in [-0.25, -0.2) is 13.8 Å². The maximum absolute atomic E-state index is 13.6. The van der Waals surface area contributed by atoms with Gasteiger partial charge in [0.2, 0.25) is 0 Å². The van der Waals surface area contributed by atoms with Crippen LogP contribution in [0.25, 0.3) is 0 Å². The van der Waals surface area contributed by atoms with Crippen LogP contribution in [0.5, 0.6) is 0 Å². The Labute approximate surface area is 216 Å². The smallest absolute Gasteiger partial charge is 0.304 e. The summed E-state index contributed by atoms with van der Waals surface area (Å²) in [6.45, 7) is 5.71. The average Bonchev–Trinajstić information content (AvgIpc) is 3.28. The van der Waals surface area contributed by atoms with Gasteiger partial charge in [-0.05, 0) is 47.7 Å². The van der Waals surface area contributed by atoms with Crippen molar-refractivity contribution in [2.75, 3.05) is 31.2 Å². The van der Waals surface area contributed by atoms with Gasteiger partial charge < -0.3 is 20.7 Å². The Kier molecular flexibility index (Phi) is 7.82. The van der Waals surface area contributed by atoms with E-state index in [9.17, 15) is 18.7 Å². The number of imidazole rings is 1. The van der Waals surface area contributed by atoms with E-state index in [2.05, 4.69) is 16.4 Å². The minimum absolute atomic E-state index is 0.0579. The fraction of sp³-hybridized carbons (Fsp3) is 0.429. The van der Waals surface area contributed by atoms with E-state index < -0.39 is 11.9 Å². The van der Waals surface area contributed by atoms with E-state index in [1.165, 1.54) is 0 Å². The molecule has 0 radical (unpaired) electrons. The molecule has 2 aromatic carbocycles. The summed E-state index contributed by atoms with van der Waals surface area (Å²) in [6.07, 6.45) is 3.32. The number of aryl methyl sites for hydroxylation is 1. The topological polar surface area (TPSA) is 96.4 Å². The Morgan fingerprint density at radius 1 is 1.19 bits per heavy atom. The molecule has 9 heteroatoms. The number of aliphatic carboxylic acids is 1. The van der Waals surface area contributed by atoms with Crippen LogP contribution >= 0.6 is 0 Å². The number of piperidine rings is 1. The van der Waals surface area contributed by atoms with Crippen LogP contribution in [0.2, 0.25) is 0 Å². The molecule has 1 aliphatic rings. The van der Waals surface area contributed by atoms with Gasteiger partial charge >= 0.3 is 5.97 Å². The van der Waals surface area contributed by atoms with Gasteiger partial charge in [-0.1, -0.05) is 24.3 Å². The van der Waals surface area contributed by atoms with Crippen LogP contribution in [-0.2, 0) is 17.9 Å². The standard InChI is InChI=1S/C28H35F2N5O2/c1-18-4-5-20(23(15-26(36)37)22-6-7-24(32-3)27(31)19(22)2)14-21(18)16-35-13-10-33-25(35)17-34-11-8-28(29,30)9-12-34/h4-7,10,13-14,23,32H,8-9,11-12,15-17,31H2,1-3H3,(H,36,37). The Balaban J connectivity index is 1.61. The number of nitrogens with zero attached hydrogens (tertiary/aromatic N) is 3. The molecule has 1 fully saturated rings. The number of carbonyl (C=O) groups is 1. The van der Waals surface area contributed by atoms with Crippen LogP contribution in [0.1, 0.15) is 58.8 Å². The molecule has 0 amide bonds. The minimum atomic E-state index is -2.58. The number of hydrogen-bond donors (Lipinski definition) is 3. The van der Waals surface area contributed by atoms with Gasteiger partial charge in [0.1, 0.15) is 5.82 Å². The minimum Gasteiger partial charge on any atom is -0.481 e. The van der Waals surface area contributed by atoms with Crippen LogP contribution in [0, 0.1) is 13.8 Å². The lowest BCUT2D eigenvalue weighted by Crippen LogP contribution is -2.39. The Bertz CT molecular complexity index is 1260. The first-order chi connectivity index (χ1) is 17.6. The van der Waals surface area contributed by atoms with Crippen molar-refractivity contribution >= 4 is 17.3 Å². The van der Waals surface area contributed by atoms with Crippen molar-refractivity contribution in [1.29, 1.82) is 0 Å². The van der Waals surface area contributed by atoms with Crippen molar-refractivity contribution in [3.63, 3.8) is 0 Å². The Morgan fingerprint density at radius 3 is 2.59 bits per heavy atom. The van der Waals surface area contributed by atoms with Gasteiger partial charge in [-0.15, -0.1) is 0 Å². The number of alkyl halides is 2. The number of anilines is 2. The van der Waals surface area contributed by atoms with Crippen LogP contribution < -0.4 is 11.1 Å². The number of nitrogen functional groups attached to an aromatic ring is 1. The number of nitrogens with two attached hydrogens (primary N) is 1. The molecule has 7 nitrogen and oxygen atoms in total. The molecular formula is C28H35F2N5O2. The summed E-state index contributed by atoms with van der Waals surface area (Å²) in [5, 5.41) is 12.8. The molecule has 4 rings (SSSR count). The molecule has 0 saturated carbocycles. The summed E-state index contributed by atoms with van der Waals surface area (Å²) in [5.74, 6) is -3.00. The predicted molar refractivity (Wildman–Crippen MR) is 141 cm³/mol. The fourth-order valence-corrected chi connectivity index (χ4v) is 5.06. The van der Waals surface area contributed by atoms with Crippen LogP contribution in [0.4, 0.5) is 20.2 Å². The van der Waals surface area contributed by atoms with Crippen molar-refractivity contribution in [2.24, 2.45) is 0 Å². The maximum atomic E-state index is 13.6. The zero-order valence-electron chi connectivity index (χ0n) is 21.6. The third kappa shape index (κ3) is 6.10. The van der Waals surface area contributed by atoms with Gasteiger partial charge in [0.25, 0.3) is 5.92 Å². The summed E-state index contributed by atoms with van der Waals surface area (Å²) in [7, 11) is 1.80. The lowest BCUT2D eigenvalue weighted by Gasteiger charge is -2.31. The summed E-state index contributed by atoms with van der Waals surface area (Å²) >= 11 is 0. The third-order valence-electron chi connectivity index (χ3n) is 7.45. The van der Waals surface area contributed by atoms with Crippen molar-refractivity contribution in [2.45, 2.75) is 58.0 Å². The molecule has 2 heterocycles. The van der Waals surface area contributed by atoms with Gasteiger partial charge in [0, 0.05) is 57.8 Å². The molecule has 37 heavy (non-hydrogen) atoms. The number of rotatable bonds is 9. The summed E-state index contributed by atoms with van der Waals surface area (Å²) in [5.41, 5.74) is 12.5. The number of hydrogen-bond acceptors (Lipinski definition) is 5. The molecule has 1 aliphatic heterocycles.